The quantitative estimate of drug-likeness (QED) is 0.890. The van der Waals surface area contributed by atoms with Crippen LogP contribution in [0.15, 0.2) is 24.3 Å². The van der Waals surface area contributed by atoms with E-state index < -0.39 is 5.54 Å². The number of aryl methyl sites for hydroxylation is 1. The van der Waals surface area contributed by atoms with E-state index in [9.17, 15) is 4.79 Å². The van der Waals surface area contributed by atoms with Crippen LogP contribution in [0.1, 0.15) is 18.4 Å². The van der Waals surface area contributed by atoms with Crippen molar-refractivity contribution in [2.75, 3.05) is 44.3 Å². The average Bonchev–Trinajstić information content (AvgIpc) is 2.55. The highest BCUT2D eigenvalue weighted by Gasteiger charge is 2.39. The first-order valence-electron chi connectivity index (χ1n) is 8.06. The molecule has 0 aromatic heterocycles. The zero-order chi connectivity index (χ0) is 15.6. The Hall–Kier alpha value is -1.59. The summed E-state index contributed by atoms with van der Waals surface area (Å²) in [5.41, 5.74) is 8.10. The van der Waals surface area contributed by atoms with Crippen LogP contribution < -0.4 is 10.6 Å². The standard InChI is InChI=1S/C17H25N3O2/c1-14-3-2-4-15(13-14)19-7-9-20(10-8-19)16(21)17(18)5-11-22-12-6-17/h2-4,13H,5-12,18H2,1H3. The molecule has 5 nitrogen and oxygen atoms in total. The Balaban J connectivity index is 1.60. The Bertz CT molecular complexity index is 532. The lowest BCUT2D eigenvalue weighted by Gasteiger charge is -2.41. The van der Waals surface area contributed by atoms with Crippen LogP contribution >= 0.6 is 0 Å². The van der Waals surface area contributed by atoms with Gasteiger partial charge >= 0.3 is 0 Å². The monoisotopic (exact) mass is 303 g/mol. The minimum Gasteiger partial charge on any atom is -0.381 e. The van der Waals surface area contributed by atoms with Gasteiger partial charge in [-0.3, -0.25) is 4.79 Å². The topological polar surface area (TPSA) is 58.8 Å². The van der Waals surface area contributed by atoms with E-state index in [4.69, 9.17) is 10.5 Å². The largest absolute Gasteiger partial charge is 0.381 e. The normalized spacial score (nSPS) is 21.7. The van der Waals surface area contributed by atoms with Crippen LogP contribution in [0.4, 0.5) is 5.69 Å². The first-order valence-corrected chi connectivity index (χ1v) is 8.06. The van der Waals surface area contributed by atoms with Gasteiger partial charge in [-0.15, -0.1) is 0 Å². The number of hydrogen-bond acceptors (Lipinski definition) is 4. The molecule has 0 spiro atoms. The van der Waals surface area contributed by atoms with Crippen molar-refractivity contribution in [3.63, 3.8) is 0 Å². The minimum atomic E-state index is -0.718. The molecule has 0 aliphatic carbocycles. The molecule has 0 saturated carbocycles. The number of ether oxygens (including phenoxy) is 1. The molecule has 2 aliphatic rings. The molecule has 2 fully saturated rings. The predicted molar refractivity (Wildman–Crippen MR) is 86.9 cm³/mol. The van der Waals surface area contributed by atoms with E-state index in [1.807, 2.05) is 4.90 Å². The Kier molecular flexibility index (Phi) is 4.36. The van der Waals surface area contributed by atoms with Gasteiger partial charge in [0.05, 0.1) is 5.54 Å². The van der Waals surface area contributed by atoms with E-state index in [0.29, 0.717) is 26.1 Å². The van der Waals surface area contributed by atoms with E-state index in [1.54, 1.807) is 0 Å². The maximum absolute atomic E-state index is 12.7. The van der Waals surface area contributed by atoms with Gasteiger partial charge in [0.15, 0.2) is 0 Å². The van der Waals surface area contributed by atoms with Crippen LogP contribution in [0.3, 0.4) is 0 Å². The molecule has 3 rings (SSSR count). The summed E-state index contributed by atoms with van der Waals surface area (Å²) >= 11 is 0. The van der Waals surface area contributed by atoms with Crippen molar-refractivity contribution in [2.24, 2.45) is 5.73 Å². The molecule has 120 valence electrons. The lowest BCUT2D eigenvalue weighted by atomic mass is 9.89. The van der Waals surface area contributed by atoms with E-state index in [-0.39, 0.29) is 5.91 Å². The van der Waals surface area contributed by atoms with Crippen molar-refractivity contribution >= 4 is 11.6 Å². The summed E-state index contributed by atoms with van der Waals surface area (Å²) in [4.78, 5) is 17.0. The first kappa shape index (κ1) is 15.3. The molecule has 2 saturated heterocycles. The van der Waals surface area contributed by atoms with Gasteiger partial charge < -0.3 is 20.3 Å². The molecule has 2 heterocycles. The van der Waals surface area contributed by atoms with E-state index >= 15 is 0 Å². The number of nitrogens with zero attached hydrogens (tertiary/aromatic N) is 2. The number of rotatable bonds is 2. The third-order valence-corrected chi connectivity index (χ3v) is 4.74. The fourth-order valence-electron chi connectivity index (χ4n) is 3.26. The van der Waals surface area contributed by atoms with Gasteiger partial charge in [0.25, 0.3) is 0 Å². The van der Waals surface area contributed by atoms with Crippen LogP contribution in [-0.2, 0) is 9.53 Å². The molecule has 1 aromatic carbocycles. The first-order chi connectivity index (χ1) is 10.6. The van der Waals surface area contributed by atoms with Crippen molar-refractivity contribution in [3.05, 3.63) is 29.8 Å². The second-order valence-corrected chi connectivity index (χ2v) is 6.39. The van der Waals surface area contributed by atoms with Crippen molar-refractivity contribution in [2.45, 2.75) is 25.3 Å². The van der Waals surface area contributed by atoms with Gasteiger partial charge in [0.1, 0.15) is 0 Å². The molecule has 1 aromatic rings. The minimum absolute atomic E-state index is 0.0969. The zero-order valence-corrected chi connectivity index (χ0v) is 13.3. The Labute approximate surface area is 132 Å². The highest BCUT2D eigenvalue weighted by Crippen LogP contribution is 2.23. The highest BCUT2D eigenvalue weighted by atomic mass is 16.5. The van der Waals surface area contributed by atoms with E-state index in [2.05, 4.69) is 36.1 Å². The smallest absolute Gasteiger partial charge is 0.242 e. The van der Waals surface area contributed by atoms with Crippen molar-refractivity contribution in [1.82, 2.24) is 4.90 Å². The third-order valence-electron chi connectivity index (χ3n) is 4.74. The van der Waals surface area contributed by atoms with Gasteiger partial charge in [-0.05, 0) is 37.5 Å². The molecule has 0 bridgehead atoms. The van der Waals surface area contributed by atoms with Crippen LogP contribution in [0, 0.1) is 6.92 Å². The number of carbonyl (C=O) groups is 1. The number of amides is 1. The molecule has 0 atom stereocenters. The Morgan fingerprint density at radius 1 is 1.18 bits per heavy atom. The molecule has 0 unspecified atom stereocenters. The number of hydrogen-bond donors (Lipinski definition) is 1. The fourth-order valence-corrected chi connectivity index (χ4v) is 3.26. The number of piperazine rings is 1. The van der Waals surface area contributed by atoms with Crippen LogP contribution in [0.25, 0.3) is 0 Å². The van der Waals surface area contributed by atoms with Gasteiger partial charge in [-0.2, -0.15) is 0 Å². The van der Waals surface area contributed by atoms with E-state index in [1.165, 1.54) is 11.3 Å². The lowest BCUT2D eigenvalue weighted by molar-refractivity contribution is -0.140. The zero-order valence-electron chi connectivity index (χ0n) is 13.3. The Morgan fingerprint density at radius 3 is 2.50 bits per heavy atom. The summed E-state index contributed by atoms with van der Waals surface area (Å²) < 4.78 is 5.33. The molecule has 0 radical (unpaired) electrons. The fraction of sp³-hybridized carbons (Fsp3) is 0.588. The number of anilines is 1. The molecular formula is C17H25N3O2. The second-order valence-electron chi connectivity index (χ2n) is 6.39. The number of benzene rings is 1. The second kappa shape index (κ2) is 6.26. The predicted octanol–water partition coefficient (Wildman–Crippen LogP) is 1.15. The summed E-state index contributed by atoms with van der Waals surface area (Å²) in [6, 6.07) is 8.51. The maximum atomic E-state index is 12.7. The third kappa shape index (κ3) is 3.10. The van der Waals surface area contributed by atoms with Crippen molar-refractivity contribution < 1.29 is 9.53 Å². The van der Waals surface area contributed by atoms with Gasteiger partial charge in [-0.25, -0.2) is 0 Å². The summed E-state index contributed by atoms with van der Waals surface area (Å²) in [6.07, 6.45) is 1.26. The molecule has 1 amide bonds. The summed E-state index contributed by atoms with van der Waals surface area (Å²) in [5, 5.41) is 0. The maximum Gasteiger partial charge on any atom is 0.242 e. The number of carbonyl (C=O) groups excluding carboxylic acids is 1. The van der Waals surface area contributed by atoms with Crippen LogP contribution in [-0.4, -0.2) is 55.7 Å². The summed E-state index contributed by atoms with van der Waals surface area (Å²) in [7, 11) is 0. The van der Waals surface area contributed by atoms with Gasteiger partial charge in [0, 0.05) is 45.1 Å². The average molecular weight is 303 g/mol. The lowest BCUT2D eigenvalue weighted by Crippen LogP contribution is -2.61. The molecular weight excluding hydrogens is 278 g/mol. The van der Waals surface area contributed by atoms with Gasteiger partial charge in [-0.1, -0.05) is 12.1 Å². The Morgan fingerprint density at radius 2 is 1.86 bits per heavy atom. The number of nitrogens with two attached hydrogens (primary N) is 1. The molecule has 22 heavy (non-hydrogen) atoms. The van der Waals surface area contributed by atoms with Gasteiger partial charge in [0.2, 0.25) is 5.91 Å². The molecule has 5 heteroatoms. The van der Waals surface area contributed by atoms with Crippen LogP contribution in [0.2, 0.25) is 0 Å². The highest BCUT2D eigenvalue weighted by molar-refractivity contribution is 5.86. The summed E-state index contributed by atoms with van der Waals surface area (Å²) in [5.74, 6) is 0.0969. The molecule has 2 aliphatic heterocycles. The van der Waals surface area contributed by atoms with Crippen molar-refractivity contribution in [1.29, 1.82) is 0 Å². The summed E-state index contributed by atoms with van der Waals surface area (Å²) in [6.45, 7) is 6.49. The SMILES string of the molecule is Cc1cccc(N2CCN(C(=O)C3(N)CCOCC3)CC2)c1. The van der Waals surface area contributed by atoms with Crippen LogP contribution in [0.5, 0.6) is 0 Å². The van der Waals surface area contributed by atoms with Crippen molar-refractivity contribution in [3.8, 4) is 0 Å². The van der Waals surface area contributed by atoms with E-state index in [0.717, 1.165) is 26.2 Å². The molecule has 2 N–H and O–H groups in total.